The fraction of sp³-hybridized carbons (Fsp3) is 0.481. The van der Waals surface area contributed by atoms with E-state index >= 15 is 0 Å². The number of hydrogen-bond acceptors (Lipinski definition) is 4. The van der Waals surface area contributed by atoms with Crippen LogP contribution in [0.15, 0.2) is 48.5 Å². The van der Waals surface area contributed by atoms with E-state index in [1.54, 1.807) is 7.11 Å². The van der Waals surface area contributed by atoms with Gasteiger partial charge >= 0.3 is 0 Å². The predicted molar refractivity (Wildman–Crippen MR) is 128 cm³/mol. The van der Waals surface area contributed by atoms with Gasteiger partial charge in [0.05, 0.1) is 13.7 Å². The zero-order chi connectivity index (χ0) is 22.9. The van der Waals surface area contributed by atoms with Crippen molar-refractivity contribution in [1.82, 2.24) is 10.2 Å². The molecule has 2 aromatic carbocycles. The first-order chi connectivity index (χ1) is 15.4. The normalized spacial score (nSPS) is 15.0. The van der Waals surface area contributed by atoms with E-state index in [9.17, 15) is 9.59 Å². The van der Waals surface area contributed by atoms with Gasteiger partial charge in [0, 0.05) is 18.0 Å². The number of nitrogens with one attached hydrogen (secondary N) is 1. The smallest absolute Gasteiger partial charge is 0.234 e. The molecule has 0 atom stereocenters. The molecule has 172 valence electrons. The number of piperidine rings is 1. The second kappa shape index (κ2) is 11.8. The highest BCUT2D eigenvalue weighted by molar-refractivity contribution is 5.98. The molecule has 0 spiro atoms. The fourth-order valence-corrected chi connectivity index (χ4v) is 4.26. The average Bonchev–Trinajstić information content (AvgIpc) is 2.80. The number of Topliss-reactive ketones (excluding diaryl/α,β-unsaturated/α-hetero) is 1. The molecule has 1 N–H and O–H groups in total. The number of hydrogen-bond donors (Lipinski definition) is 1. The van der Waals surface area contributed by atoms with Crippen LogP contribution in [-0.2, 0) is 17.6 Å². The zero-order valence-corrected chi connectivity index (χ0v) is 19.6. The largest absolute Gasteiger partial charge is 0.497 e. The minimum atomic E-state index is 0.0454. The summed E-state index contributed by atoms with van der Waals surface area (Å²) in [7, 11) is 1.65. The number of amides is 1. The summed E-state index contributed by atoms with van der Waals surface area (Å²) in [6, 6.07) is 16.0. The molecule has 1 saturated heterocycles. The molecule has 0 unspecified atom stereocenters. The molecule has 5 heteroatoms. The predicted octanol–water partition coefficient (Wildman–Crippen LogP) is 4.15. The molecule has 1 heterocycles. The van der Waals surface area contributed by atoms with E-state index in [1.807, 2.05) is 36.4 Å². The molecule has 2 aromatic rings. The van der Waals surface area contributed by atoms with E-state index in [2.05, 4.69) is 36.2 Å². The number of methoxy groups -OCH3 is 1. The van der Waals surface area contributed by atoms with Crippen LogP contribution in [0.3, 0.4) is 0 Å². The second-order valence-electron chi connectivity index (χ2n) is 9.16. The topological polar surface area (TPSA) is 58.6 Å². The van der Waals surface area contributed by atoms with Crippen LogP contribution in [0.1, 0.15) is 48.2 Å². The number of benzene rings is 2. The number of nitrogens with zero attached hydrogens (tertiary/aromatic N) is 1. The number of ketones is 1. The van der Waals surface area contributed by atoms with Crippen molar-refractivity contribution < 1.29 is 14.3 Å². The first-order valence-electron chi connectivity index (χ1n) is 11.7. The van der Waals surface area contributed by atoms with Crippen LogP contribution >= 0.6 is 0 Å². The monoisotopic (exact) mass is 436 g/mol. The molecule has 0 bridgehead atoms. The maximum absolute atomic E-state index is 12.9. The highest BCUT2D eigenvalue weighted by Crippen LogP contribution is 2.22. The van der Waals surface area contributed by atoms with Gasteiger partial charge in [-0.25, -0.2) is 0 Å². The van der Waals surface area contributed by atoms with Gasteiger partial charge in [-0.15, -0.1) is 0 Å². The Bertz CT molecular complexity index is 867. The van der Waals surface area contributed by atoms with Crippen LogP contribution in [0.5, 0.6) is 5.75 Å². The fourth-order valence-electron chi connectivity index (χ4n) is 4.26. The van der Waals surface area contributed by atoms with Crippen molar-refractivity contribution >= 4 is 11.7 Å². The molecule has 0 aromatic heterocycles. The van der Waals surface area contributed by atoms with Gasteiger partial charge in [-0.05, 0) is 68.0 Å². The van der Waals surface area contributed by atoms with Gasteiger partial charge in [0.15, 0.2) is 5.78 Å². The van der Waals surface area contributed by atoms with E-state index in [4.69, 9.17) is 4.74 Å². The summed E-state index contributed by atoms with van der Waals surface area (Å²) in [6.07, 6.45) is 3.45. The summed E-state index contributed by atoms with van der Waals surface area (Å²) in [5, 5.41) is 3.01. The van der Waals surface area contributed by atoms with Crippen molar-refractivity contribution in [2.75, 3.05) is 33.3 Å². The van der Waals surface area contributed by atoms with E-state index < -0.39 is 0 Å². The van der Waals surface area contributed by atoms with E-state index in [0.717, 1.165) is 50.1 Å². The lowest BCUT2D eigenvalue weighted by Crippen LogP contribution is -2.43. The Labute approximate surface area is 192 Å². The van der Waals surface area contributed by atoms with Crippen molar-refractivity contribution in [3.05, 3.63) is 65.2 Å². The van der Waals surface area contributed by atoms with Gasteiger partial charge in [-0.2, -0.15) is 0 Å². The molecule has 1 aliphatic heterocycles. The van der Waals surface area contributed by atoms with Gasteiger partial charge < -0.3 is 10.1 Å². The third-order valence-corrected chi connectivity index (χ3v) is 6.10. The van der Waals surface area contributed by atoms with Gasteiger partial charge in [0.2, 0.25) is 5.91 Å². The Morgan fingerprint density at radius 1 is 1.00 bits per heavy atom. The molecule has 5 nitrogen and oxygen atoms in total. The maximum Gasteiger partial charge on any atom is 0.234 e. The number of carbonyl (C=O) groups is 2. The van der Waals surface area contributed by atoms with Crippen molar-refractivity contribution in [1.29, 1.82) is 0 Å². The van der Waals surface area contributed by atoms with Crippen LogP contribution in [0, 0.1) is 11.8 Å². The standard InChI is InChI=1S/C27H36N2O3/c1-20(2)18-22-4-8-23(9-5-22)27(31)24-13-16-29(17-14-24)19-26(30)28-15-12-21-6-10-25(32-3)11-7-21/h4-11,20,24H,12-19H2,1-3H3,(H,28,30). The van der Waals surface area contributed by atoms with Crippen LogP contribution in [0.25, 0.3) is 0 Å². The molecule has 1 fully saturated rings. The quantitative estimate of drug-likeness (QED) is 0.569. The summed E-state index contributed by atoms with van der Waals surface area (Å²) in [5.41, 5.74) is 3.26. The lowest BCUT2D eigenvalue weighted by molar-refractivity contribution is -0.122. The van der Waals surface area contributed by atoms with Crippen LogP contribution in [0.4, 0.5) is 0 Å². The summed E-state index contributed by atoms with van der Waals surface area (Å²) in [5.74, 6) is 1.79. The van der Waals surface area contributed by atoms with Crippen molar-refractivity contribution in [2.24, 2.45) is 11.8 Å². The van der Waals surface area contributed by atoms with Gasteiger partial charge in [0.1, 0.15) is 5.75 Å². The minimum Gasteiger partial charge on any atom is -0.497 e. The molecule has 32 heavy (non-hydrogen) atoms. The first kappa shape index (κ1) is 24.0. The van der Waals surface area contributed by atoms with Gasteiger partial charge in [0.25, 0.3) is 0 Å². The van der Waals surface area contributed by atoms with Crippen molar-refractivity contribution in [2.45, 2.75) is 39.5 Å². The molecular weight excluding hydrogens is 400 g/mol. The SMILES string of the molecule is COc1ccc(CCNC(=O)CN2CCC(C(=O)c3ccc(CC(C)C)cc3)CC2)cc1. The molecule has 1 amide bonds. The molecule has 0 saturated carbocycles. The summed E-state index contributed by atoms with van der Waals surface area (Å²) in [6.45, 7) is 6.99. The molecule has 0 radical (unpaired) electrons. The number of likely N-dealkylation sites (tertiary alicyclic amines) is 1. The Hall–Kier alpha value is -2.66. The maximum atomic E-state index is 12.9. The molecule has 1 aliphatic rings. The highest BCUT2D eigenvalue weighted by atomic mass is 16.5. The van der Waals surface area contributed by atoms with Gasteiger partial charge in [-0.1, -0.05) is 50.2 Å². The third kappa shape index (κ3) is 7.20. The van der Waals surface area contributed by atoms with E-state index in [-0.39, 0.29) is 17.6 Å². The van der Waals surface area contributed by atoms with Crippen LogP contribution < -0.4 is 10.1 Å². The van der Waals surface area contributed by atoms with Crippen molar-refractivity contribution in [3.63, 3.8) is 0 Å². The number of ether oxygens (including phenoxy) is 1. The van der Waals surface area contributed by atoms with Crippen LogP contribution in [-0.4, -0.2) is 49.9 Å². The summed E-state index contributed by atoms with van der Waals surface area (Å²) >= 11 is 0. The minimum absolute atomic E-state index is 0.0454. The Morgan fingerprint density at radius 2 is 1.62 bits per heavy atom. The molecular formula is C27H36N2O3. The first-order valence-corrected chi connectivity index (χ1v) is 11.7. The lowest BCUT2D eigenvalue weighted by Gasteiger charge is -2.30. The number of carbonyl (C=O) groups excluding carboxylic acids is 2. The van der Waals surface area contributed by atoms with Gasteiger partial charge in [-0.3, -0.25) is 14.5 Å². The van der Waals surface area contributed by atoms with Crippen molar-refractivity contribution in [3.8, 4) is 5.75 Å². The highest BCUT2D eigenvalue weighted by Gasteiger charge is 2.26. The lowest BCUT2D eigenvalue weighted by atomic mass is 9.88. The second-order valence-corrected chi connectivity index (χ2v) is 9.16. The Morgan fingerprint density at radius 3 is 2.22 bits per heavy atom. The van der Waals surface area contributed by atoms with Crippen LogP contribution in [0.2, 0.25) is 0 Å². The molecule has 0 aliphatic carbocycles. The third-order valence-electron chi connectivity index (χ3n) is 6.10. The van der Waals surface area contributed by atoms with E-state index in [0.29, 0.717) is 19.0 Å². The average molecular weight is 437 g/mol. The summed E-state index contributed by atoms with van der Waals surface area (Å²) < 4.78 is 5.16. The number of rotatable bonds is 10. The molecule has 3 rings (SSSR count). The van der Waals surface area contributed by atoms with E-state index in [1.165, 1.54) is 11.1 Å². The zero-order valence-electron chi connectivity index (χ0n) is 19.6. The Balaban J connectivity index is 1.37. The summed E-state index contributed by atoms with van der Waals surface area (Å²) in [4.78, 5) is 27.3. The Kier molecular flexibility index (Phi) is 8.86.